The van der Waals surface area contributed by atoms with Gasteiger partial charge < -0.3 is 14.8 Å². The van der Waals surface area contributed by atoms with Gasteiger partial charge in [0.15, 0.2) is 0 Å². The minimum Gasteiger partial charge on any atom is -0.469 e. The van der Waals surface area contributed by atoms with E-state index >= 15 is 0 Å². The fraction of sp³-hybridized carbons (Fsp3) is 0.706. The topological polar surface area (TPSA) is 65.7 Å². The van der Waals surface area contributed by atoms with Crippen LogP contribution in [0.4, 0.5) is 0 Å². The molecule has 3 unspecified atom stereocenters. The Morgan fingerprint density at radius 3 is 3.14 bits per heavy atom. The number of aliphatic hydroxyl groups is 1. The van der Waals surface area contributed by atoms with Crippen LogP contribution in [0.5, 0.6) is 0 Å². The average molecular weight is 306 g/mol. The quantitative estimate of drug-likeness (QED) is 0.718. The van der Waals surface area contributed by atoms with Crippen LogP contribution in [0, 0.1) is 5.92 Å². The molecule has 0 spiro atoms. The van der Waals surface area contributed by atoms with E-state index in [1.165, 1.54) is 6.42 Å². The molecular weight excluding hydrogens is 280 g/mol. The van der Waals surface area contributed by atoms with Gasteiger partial charge in [-0.15, -0.1) is 0 Å². The molecule has 5 nitrogen and oxygen atoms in total. The lowest BCUT2D eigenvalue weighted by Gasteiger charge is -2.22. The number of nitrogens with zero attached hydrogens (tertiary/aromatic N) is 1. The van der Waals surface area contributed by atoms with Gasteiger partial charge in [-0.3, -0.25) is 9.69 Å². The molecule has 2 aliphatic rings. The van der Waals surface area contributed by atoms with E-state index in [2.05, 4.69) is 10.2 Å². The number of unbranched alkanes of at least 4 members (excludes halogenated alkanes) is 1. The molecule has 3 atom stereocenters. The summed E-state index contributed by atoms with van der Waals surface area (Å²) in [7, 11) is 0. The maximum absolute atomic E-state index is 12.0. The smallest absolute Gasteiger partial charge is 0.223 e. The summed E-state index contributed by atoms with van der Waals surface area (Å²) in [6, 6.07) is 4.18. The van der Waals surface area contributed by atoms with Crippen molar-refractivity contribution < 1.29 is 14.3 Å². The second-order valence-electron chi connectivity index (χ2n) is 6.48. The summed E-state index contributed by atoms with van der Waals surface area (Å²) < 4.78 is 5.35. The Balaban J connectivity index is 1.27. The molecule has 3 rings (SSSR count). The molecule has 2 fully saturated rings. The summed E-state index contributed by atoms with van der Waals surface area (Å²) >= 11 is 0. The molecule has 1 aliphatic heterocycles. The lowest BCUT2D eigenvalue weighted by molar-refractivity contribution is -0.122. The molecule has 1 saturated carbocycles. The SMILES string of the molecule is O=C(NCCCCN1CCCC1CO)C1CC1c1ccco1. The Hall–Kier alpha value is -1.33. The molecule has 1 aromatic rings. The number of carbonyl (C=O) groups is 1. The highest BCUT2D eigenvalue weighted by atomic mass is 16.3. The first-order chi connectivity index (χ1) is 10.8. The number of rotatable bonds is 8. The Bertz CT molecular complexity index is 474. The van der Waals surface area contributed by atoms with E-state index in [0.717, 1.165) is 51.1 Å². The number of amides is 1. The van der Waals surface area contributed by atoms with Gasteiger partial charge in [-0.1, -0.05) is 0 Å². The normalized spacial score (nSPS) is 28.0. The fourth-order valence-electron chi connectivity index (χ4n) is 3.48. The number of aliphatic hydroxyl groups excluding tert-OH is 1. The number of likely N-dealkylation sites (tertiary alicyclic amines) is 1. The Kier molecular flexibility index (Phi) is 5.16. The predicted octanol–water partition coefficient (Wildman–Crippen LogP) is 1.74. The van der Waals surface area contributed by atoms with Crippen LogP contribution in [0.2, 0.25) is 0 Å². The van der Waals surface area contributed by atoms with Crippen molar-refractivity contribution in [3.8, 4) is 0 Å². The molecule has 0 aromatic carbocycles. The zero-order valence-electron chi connectivity index (χ0n) is 13.0. The van der Waals surface area contributed by atoms with Gasteiger partial charge in [0, 0.05) is 24.4 Å². The van der Waals surface area contributed by atoms with Crippen LogP contribution < -0.4 is 5.32 Å². The lowest BCUT2D eigenvalue weighted by Crippen LogP contribution is -2.33. The summed E-state index contributed by atoms with van der Waals surface area (Å²) in [4.78, 5) is 14.4. The minimum absolute atomic E-state index is 0.100. The van der Waals surface area contributed by atoms with Crippen molar-refractivity contribution >= 4 is 5.91 Å². The van der Waals surface area contributed by atoms with Crippen molar-refractivity contribution in [3.63, 3.8) is 0 Å². The van der Waals surface area contributed by atoms with Crippen molar-refractivity contribution in [2.24, 2.45) is 5.92 Å². The third kappa shape index (κ3) is 3.70. The highest BCUT2D eigenvalue weighted by molar-refractivity contribution is 5.82. The van der Waals surface area contributed by atoms with Crippen LogP contribution in [0.1, 0.15) is 43.8 Å². The predicted molar refractivity (Wildman–Crippen MR) is 83.5 cm³/mol. The van der Waals surface area contributed by atoms with E-state index in [1.54, 1.807) is 6.26 Å². The Labute approximate surface area is 131 Å². The van der Waals surface area contributed by atoms with Gasteiger partial charge in [-0.05, 0) is 57.3 Å². The van der Waals surface area contributed by atoms with Crippen LogP contribution in [-0.2, 0) is 4.79 Å². The molecule has 2 heterocycles. The summed E-state index contributed by atoms with van der Waals surface area (Å²) in [5, 5.41) is 12.3. The molecule has 1 amide bonds. The van der Waals surface area contributed by atoms with Gasteiger partial charge in [0.2, 0.25) is 5.91 Å². The second kappa shape index (κ2) is 7.29. The molecule has 22 heavy (non-hydrogen) atoms. The standard InChI is InChI=1S/C17H26N2O3/c20-12-13-5-3-9-19(13)8-2-1-7-18-17(21)15-11-14(15)16-6-4-10-22-16/h4,6,10,13-15,20H,1-3,5,7-9,11-12H2,(H,18,21). The van der Waals surface area contributed by atoms with E-state index in [-0.39, 0.29) is 24.3 Å². The van der Waals surface area contributed by atoms with Crippen molar-refractivity contribution in [1.82, 2.24) is 10.2 Å². The van der Waals surface area contributed by atoms with E-state index in [0.29, 0.717) is 6.04 Å². The molecule has 2 N–H and O–H groups in total. The van der Waals surface area contributed by atoms with Crippen LogP contribution in [0.25, 0.3) is 0 Å². The van der Waals surface area contributed by atoms with Gasteiger partial charge in [-0.2, -0.15) is 0 Å². The van der Waals surface area contributed by atoms with Gasteiger partial charge >= 0.3 is 0 Å². The lowest BCUT2D eigenvalue weighted by atomic mass is 10.2. The molecular formula is C17H26N2O3. The van der Waals surface area contributed by atoms with Gasteiger partial charge in [-0.25, -0.2) is 0 Å². The molecule has 1 aromatic heterocycles. The first-order valence-electron chi connectivity index (χ1n) is 8.45. The van der Waals surface area contributed by atoms with Gasteiger partial charge in [0.25, 0.3) is 0 Å². The molecule has 1 aliphatic carbocycles. The maximum Gasteiger partial charge on any atom is 0.223 e. The first kappa shape index (κ1) is 15.6. The number of nitrogens with one attached hydrogen (secondary N) is 1. The maximum atomic E-state index is 12.0. The van der Waals surface area contributed by atoms with Crippen molar-refractivity contribution in [2.75, 3.05) is 26.2 Å². The largest absolute Gasteiger partial charge is 0.469 e. The highest BCUT2D eigenvalue weighted by Gasteiger charge is 2.45. The van der Waals surface area contributed by atoms with Gasteiger partial charge in [0.05, 0.1) is 12.9 Å². The summed E-state index contributed by atoms with van der Waals surface area (Å²) in [6.07, 6.45) is 6.95. The zero-order chi connectivity index (χ0) is 15.4. The number of furan rings is 1. The monoisotopic (exact) mass is 306 g/mol. The van der Waals surface area contributed by atoms with E-state index in [4.69, 9.17) is 4.42 Å². The van der Waals surface area contributed by atoms with E-state index in [9.17, 15) is 9.90 Å². The average Bonchev–Trinajstić information content (AvgIpc) is 2.96. The van der Waals surface area contributed by atoms with Crippen LogP contribution in [0.15, 0.2) is 22.8 Å². The fourth-order valence-corrected chi connectivity index (χ4v) is 3.48. The number of carbonyl (C=O) groups excluding carboxylic acids is 1. The van der Waals surface area contributed by atoms with E-state index < -0.39 is 0 Å². The van der Waals surface area contributed by atoms with Crippen LogP contribution in [-0.4, -0.2) is 48.2 Å². The van der Waals surface area contributed by atoms with Gasteiger partial charge in [0.1, 0.15) is 5.76 Å². The summed E-state index contributed by atoms with van der Waals surface area (Å²) in [5.74, 6) is 1.48. The molecule has 1 saturated heterocycles. The number of hydrogen-bond donors (Lipinski definition) is 2. The summed E-state index contributed by atoms with van der Waals surface area (Å²) in [6.45, 7) is 3.15. The van der Waals surface area contributed by atoms with Crippen molar-refractivity contribution in [1.29, 1.82) is 0 Å². The Morgan fingerprint density at radius 1 is 1.45 bits per heavy atom. The molecule has 122 valence electrons. The van der Waals surface area contributed by atoms with Crippen LogP contribution in [0.3, 0.4) is 0 Å². The highest BCUT2D eigenvalue weighted by Crippen LogP contribution is 2.47. The third-order valence-corrected chi connectivity index (χ3v) is 4.92. The van der Waals surface area contributed by atoms with E-state index in [1.807, 2.05) is 12.1 Å². The molecule has 0 radical (unpaired) electrons. The zero-order valence-corrected chi connectivity index (χ0v) is 13.0. The first-order valence-corrected chi connectivity index (χ1v) is 8.45. The summed E-state index contributed by atoms with van der Waals surface area (Å²) in [5.41, 5.74) is 0. The van der Waals surface area contributed by atoms with Crippen molar-refractivity contribution in [2.45, 2.75) is 44.1 Å². The van der Waals surface area contributed by atoms with Crippen LogP contribution >= 0.6 is 0 Å². The minimum atomic E-state index is 0.100. The third-order valence-electron chi connectivity index (χ3n) is 4.92. The Morgan fingerprint density at radius 2 is 2.36 bits per heavy atom. The molecule has 0 bridgehead atoms. The molecule has 5 heteroatoms. The van der Waals surface area contributed by atoms with Crippen molar-refractivity contribution in [3.05, 3.63) is 24.2 Å². The number of hydrogen-bond acceptors (Lipinski definition) is 4. The second-order valence-corrected chi connectivity index (χ2v) is 6.48.